The first-order chi connectivity index (χ1) is 10.8. The number of nitrogens with one attached hydrogen (secondary N) is 2. The van der Waals surface area contributed by atoms with Crippen LogP contribution in [0.25, 0.3) is 0 Å². The summed E-state index contributed by atoms with van der Waals surface area (Å²) >= 11 is 0. The highest BCUT2D eigenvalue weighted by molar-refractivity contribution is 14.0. The fourth-order valence-electron chi connectivity index (χ4n) is 2.39. The minimum Gasteiger partial charge on any atom is -0.379 e. The maximum atomic E-state index is 5.36. The number of halogens is 1. The molecule has 1 aliphatic heterocycles. The average Bonchev–Trinajstić information content (AvgIpc) is 2.95. The highest BCUT2D eigenvalue weighted by Gasteiger charge is 2.09. The van der Waals surface area contributed by atoms with Gasteiger partial charge in [-0.1, -0.05) is 0 Å². The van der Waals surface area contributed by atoms with E-state index in [1.54, 1.807) is 6.20 Å². The van der Waals surface area contributed by atoms with Gasteiger partial charge in [0.25, 0.3) is 0 Å². The van der Waals surface area contributed by atoms with Crippen LogP contribution in [0.4, 0.5) is 0 Å². The van der Waals surface area contributed by atoms with E-state index in [2.05, 4.69) is 32.5 Å². The summed E-state index contributed by atoms with van der Waals surface area (Å²) in [6.07, 6.45) is 2.91. The van der Waals surface area contributed by atoms with Crippen LogP contribution in [0.1, 0.15) is 19.0 Å². The SMILES string of the molecule is CCNC(=NCc1ccnn1C)NCCCN1CCOCC1.I. The molecule has 2 rings (SSSR count). The fourth-order valence-corrected chi connectivity index (χ4v) is 2.39. The summed E-state index contributed by atoms with van der Waals surface area (Å²) in [5.41, 5.74) is 1.10. The number of aromatic nitrogens is 2. The molecule has 8 heteroatoms. The summed E-state index contributed by atoms with van der Waals surface area (Å²) in [4.78, 5) is 7.05. The van der Waals surface area contributed by atoms with Crippen LogP contribution in [-0.2, 0) is 18.3 Å². The van der Waals surface area contributed by atoms with Crippen LogP contribution >= 0.6 is 24.0 Å². The van der Waals surface area contributed by atoms with Crippen LogP contribution in [0.5, 0.6) is 0 Å². The number of hydrogen-bond acceptors (Lipinski definition) is 4. The van der Waals surface area contributed by atoms with Gasteiger partial charge in [0.05, 0.1) is 25.5 Å². The Morgan fingerprint density at radius 3 is 2.78 bits per heavy atom. The molecule has 0 atom stereocenters. The number of hydrogen-bond donors (Lipinski definition) is 2. The molecular formula is C15H29IN6O. The van der Waals surface area contributed by atoms with Crippen molar-refractivity contribution in [3.05, 3.63) is 18.0 Å². The molecule has 7 nitrogen and oxygen atoms in total. The zero-order chi connectivity index (χ0) is 15.6. The number of guanidine groups is 1. The van der Waals surface area contributed by atoms with E-state index in [9.17, 15) is 0 Å². The first-order valence-corrected chi connectivity index (χ1v) is 8.08. The van der Waals surface area contributed by atoms with Gasteiger partial charge in [-0.2, -0.15) is 5.10 Å². The lowest BCUT2D eigenvalue weighted by Gasteiger charge is -2.26. The summed E-state index contributed by atoms with van der Waals surface area (Å²) in [6.45, 7) is 9.44. The lowest BCUT2D eigenvalue weighted by molar-refractivity contribution is 0.0376. The molecule has 0 radical (unpaired) electrons. The lowest BCUT2D eigenvalue weighted by atomic mass is 10.3. The summed E-state index contributed by atoms with van der Waals surface area (Å²) in [7, 11) is 1.94. The topological polar surface area (TPSA) is 66.7 Å². The molecule has 2 N–H and O–H groups in total. The van der Waals surface area contributed by atoms with E-state index in [4.69, 9.17) is 4.74 Å². The van der Waals surface area contributed by atoms with Crippen molar-refractivity contribution in [1.82, 2.24) is 25.3 Å². The maximum Gasteiger partial charge on any atom is 0.191 e. The Kier molecular flexibility index (Phi) is 10.2. The van der Waals surface area contributed by atoms with Crippen LogP contribution in [0, 0.1) is 0 Å². The van der Waals surface area contributed by atoms with Crippen molar-refractivity contribution in [3.8, 4) is 0 Å². The Bertz CT molecular complexity index is 459. The molecule has 1 aromatic rings. The third-order valence-electron chi connectivity index (χ3n) is 3.71. The van der Waals surface area contributed by atoms with Crippen LogP contribution in [0.2, 0.25) is 0 Å². The fraction of sp³-hybridized carbons (Fsp3) is 0.733. The smallest absolute Gasteiger partial charge is 0.191 e. The normalized spacial score (nSPS) is 16.0. The van der Waals surface area contributed by atoms with Crippen molar-refractivity contribution in [2.24, 2.45) is 12.0 Å². The number of rotatable bonds is 7. The van der Waals surface area contributed by atoms with Gasteiger partial charge in [-0.25, -0.2) is 4.99 Å². The van der Waals surface area contributed by atoms with Gasteiger partial charge in [-0.3, -0.25) is 9.58 Å². The molecule has 2 heterocycles. The molecule has 1 aromatic heterocycles. The van der Waals surface area contributed by atoms with Crippen LogP contribution < -0.4 is 10.6 Å². The molecule has 0 bridgehead atoms. The van der Waals surface area contributed by atoms with E-state index in [0.717, 1.165) is 64.0 Å². The Morgan fingerprint density at radius 2 is 2.13 bits per heavy atom. The molecule has 0 aromatic carbocycles. The van der Waals surface area contributed by atoms with E-state index >= 15 is 0 Å². The molecule has 132 valence electrons. The molecule has 0 spiro atoms. The van der Waals surface area contributed by atoms with Crippen molar-refractivity contribution >= 4 is 29.9 Å². The van der Waals surface area contributed by atoms with Crippen LogP contribution in [-0.4, -0.2) is 66.6 Å². The van der Waals surface area contributed by atoms with Gasteiger partial charge in [-0.15, -0.1) is 24.0 Å². The average molecular weight is 436 g/mol. The largest absolute Gasteiger partial charge is 0.379 e. The second-order valence-corrected chi connectivity index (χ2v) is 5.38. The Hall–Kier alpha value is -0.870. The monoisotopic (exact) mass is 436 g/mol. The van der Waals surface area contributed by atoms with Gasteiger partial charge in [0.2, 0.25) is 0 Å². The second-order valence-electron chi connectivity index (χ2n) is 5.38. The minimum atomic E-state index is 0. The number of aryl methyl sites for hydroxylation is 1. The van der Waals surface area contributed by atoms with Gasteiger partial charge in [0.15, 0.2) is 5.96 Å². The maximum absolute atomic E-state index is 5.36. The molecule has 0 unspecified atom stereocenters. The zero-order valence-electron chi connectivity index (χ0n) is 14.1. The van der Waals surface area contributed by atoms with Crippen molar-refractivity contribution in [3.63, 3.8) is 0 Å². The molecule has 1 fully saturated rings. The lowest BCUT2D eigenvalue weighted by Crippen LogP contribution is -2.40. The highest BCUT2D eigenvalue weighted by Crippen LogP contribution is 1.99. The molecular weight excluding hydrogens is 407 g/mol. The summed E-state index contributed by atoms with van der Waals surface area (Å²) in [5.74, 6) is 0.866. The Labute approximate surface area is 155 Å². The zero-order valence-corrected chi connectivity index (χ0v) is 16.5. The Morgan fingerprint density at radius 1 is 1.35 bits per heavy atom. The van der Waals surface area contributed by atoms with Gasteiger partial charge in [0.1, 0.15) is 0 Å². The minimum absolute atomic E-state index is 0. The quantitative estimate of drug-likeness (QED) is 0.287. The highest BCUT2D eigenvalue weighted by atomic mass is 127. The number of ether oxygens (including phenoxy) is 1. The molecule has 23 heavy (non-hydrogen) atoms. The van der Waals surface area contributed by atoms with Crippen molar-refractivity contribution < 1.29 is 4.74 Å². The van der Waals surface area contributed by atoms with Crippen molar-refractivity contribution in [2.75, 3.05) is 45.9 Å². The van der Waals surface area contributed by atoms with Gasteiger partial charge < -0.3 is 15.4 Å². The van der Waals surface area contributed by atoms with Gasteiger partial charge in [-0.05, 0) is 26.0 Å². The second kappa shape index (κ2) is 11.6. The van der Waals surface area contributed by atoms with Crippen LogP contribution in [0.3, 0.4) is 0 Å². The Balaban J connectivity index is 0.00000264. The number of aliphatic imine (C=N–C) groups is 1. The third kappa shape index (κ3) is 7.49. The molecule has 0 saturated carbocycles. The van der Waals surface area contributed by atoms with E-state index < -0.39 is 0 Å². The van der Waals surface area contributed by atoms with Crippen molar-refractivity contribution in [1.29, 1.82) is 0 Å². The van der Waals surface area contributed by atoms with Crippen LogP contribution in [0.15, 0.2) is 17.3 Å². The summed E-state index contributed by atoms with van der Waals surface area (Å²) in [5, 5.41) is 10.8. The standard InChI is InChI=1S/C15H28N6O.HI/c1-3-16-15(18-13-14-5-7-19-20(14)2)17-6-4-8-21-9-11-22-12-10-21;/h5,7H,3-4,6,8-13H2,1-2H3,(H2,16,17,18);1H. The van der Waals surface area contributed by atoms with Crippen molar-refractivity contribution in [2.45, 2.75) is 19.9 Å². The van der Waals surface area contributed by atoms with E-state index in [1.165, 1.54) is 0 Å². The summed E-state index contributed by atoms with van der Waals surface area (Å²) in [6, 6.07) is 1.99. The third-order valence-corrected chi connectivity index (χ3v) is 3.71. The molecule has 1 aliphatic rings. The van der Waals surface area contributed by atoms with E-state index in [-0.39, 0.29) is 24.0 Å². The van der Waals surface area contributed by atoms with Gasteiger partial charge in [0, 0.05) is 39.4 Å². The van der Waals surface area contributed by atoms with Gasteiger partial charge >= 0.3 is 0 Å². The molecule has 0 aliphatic carbocycles. The molecule has 1 saturated heterocycles. The van der Waals surface area contributed by atoms with E-state index in [1.807, 2.05) is 17.8 Å². The summed E-state index contributed by atoms with van der Waals surface area (Å²) < 4.78 is 7.21. The molecule has 0 amide bonds. The first-order valence-electron chi connectivity index (χ1n) is 8.08. The predicted molar refractivity (Wildman–Crippen MR) is 103 cm³/mol. The van der Waals surface area contributed by atoms with E-state index in [0.29, 0.717) is 6.54 Å². The predicted octanol–water partition coefficient (Wildman–Crippen LogP) is 0.816. The first kappa shape index (κ1) is 20.2. The number of nitrogens with zero attached hydrogens (tertiary/aromatic N) is 4. The number of morpholine rings is 1.